The van der Waals surface area contributed by atoms with Gasteiger partial charge < -0.3 is 9.15 Å². The van der Waals surface area contributed by atoms with Crippen LogP contribution < -0.4 is 4.74 Å². The van der Waals surface area contributed by atoms with Crippen LogP contribution >= 0.6 is 23.1 Å². The molecule has 4 rings (SSSR count). The molecule has 0 aliphatic heterocycles. The van der Waals surface area contributed by atoms with E-state index in [1.54, 1.807) is 29.4 Å². The van der Waals surface area contributed by atoms with Crippen molar-refractivity contribution in [1.82, 2.24) is 25.2 Å². The van der Waals surface area contributed by atoms with Gasteiger partial charge in [-0.2, -0.15) is 0 Å². The molecule has 9 heteroatoms. The number of nitrogens with zero attached hydrogens (tertiary/aromatic N) is 5. The summed E-state index contributed by atoms with van der Waals surface area (Å²) in [5.74, 6) is 2.11. The average Bonchev–Trinajstić information content (AvgIpc) is 3.42. The van der Waals surface area contributed by atoms with Crippen LogP contribution in [0.25, 0.3) is 10.8 Å². The van der Waals surface area contributed by atoms with Gasteiger partial charge in [-0.1, -0.05) is 30.0 Å². The predicted molar refractivity (Wildman–Crippen MR) is 99.3 cm³/mol. The first-order valence-corrected chi connectivity index (χ1v) is 9.68. The third kappa shape index (κ3) is 3.78. The first-order chi connectivity index (χ1) is 12.8. The van der Waals surface area contributed by atoms with Crippen LogP contribution in [0.15, 0.2) is 57.6 Å². The number of aromatic nitrogens is 5. The Balaban J connectivity index is 1.41. The van der Waals surface area contributed by atoms with Gasteiger partial charge in [0.1, 0.15) is 12.0 Å². The van der Waals surface area contributed by atoms with Crippen molar-refractivity contribution >= 4 is 23.1 Å². The van der Waals surface area contributed by atoms with Gasteiger partial charge in [0.25, 0.3) is 0 Å². The van der Waals surface area contributed by atoms with E-state index >= 15 is 0 Å². The molecule has 0 unspecified atom stereocenters. The Morgan fingerprint density at radius 1 is 1.23 bits per heavy atom. The largest absolute Gasteiger partial charge is 0.497 e. The summed E-state index contributed by atoms with van der Waals surface area (Å²) >= 11 is 3.13. The summed E-state index contributed by atoms with van der Waals surface area (Å²) in [6.45, 7) is 0.596. The van der Waals surface area contributed by atoms with E-state index in [9.17, 15) is 0 Å². The summed E-state index contributed by atoms with van der Waals surface area (Å²) < 4.78 is 12.5. The van der Waals surface area contributed by atoms with Gasteiger partial charge in [-0.15, -0.1) is 16.4 Å². The van der Waals surface area contributed by atoms with Crippen molar-refractivity contribution in [2.24, 2.45) is 0 Å². The molecule has 0 atom stereocenters. The van der Waals surface area contributed by atoms with Crippen LogP contribution in [0.3, 0.4) is 0 Å². The van der Waals surface area contributed by atoms with Crippen LogP contribution in [0, 0.1) is 0 Å². The minimum absolute atomic E-state index is 0.596. The highest BCUT2D eigenvalue weighted by Gasteiger charge is 2.11. The van der Waals surface area contributed by atoms with Crippen LogP contribution in [-0.4, -0.2) is 32.3 Å². The maximum Gasteiger partial charge on any atom is 0.236 e. The molecule has 1 aromatic carbocycles. The first kappa shape index (κ1) is 16.8. The molecule has 0 bridgehead atoms. The summed E-state index contributed by atoms with van der Waals surface area (Å²) in [4.78, 5) is 5.54. The third-order valence-electron chi connectivity index (χ3n) is 3.62. The summed E-state index contributed by atoms with van der Waals surface area (Å²) in [7, 11) is 1.65. The molecule has 0 radical (unpaired) electrons. The van der Waals surface area contributed by atoms with Crippen LogP contribution in [0.5, 0.6) is 5.75 Å². The Bertz CT molecular complexity index is 963. The standard InChI is InChI=1S/C17H15N5O2S2/c1-23-14-6-4-12(5-7-14)9-22-17(19-20-21-22)26-11-13-10-24-16(18-13)15-3-2-8-25-15/h2-8,10H,9,11H2,1H3. The smallest absolute Gasteiger partial charge is 0.236 e. The quantitative estimate of drug-likeness (QED) is 0.448. The predicted octanol–water partition coefficient (Wildman–Crippen LogP) is 3.74. The summed E-state index contributed by atoms with van der Waals surface area (Å²) in [6, 6.07) is 11.8. The molecule has 0 spiro atoms. The van der Waals surface area contributed by atoms with E-state index < -0.39 is 0 Å². The molecule has 7 nitrogen and oxygen atoms in total. The van der Waals surface area contributed by atoms with Gasteiger partial charge >= 0.3 is 0 Å². The van der Waals surface area contributed by atoms with E-state index in [4.69, 9.17) is 9.15 Å². The maximum atomic E-state index is 5.54. The van der Waals surface area contributed by atoms with E-state index in [1.807, 2.05) is 41.8 Å². The normalized spacial score (nSPS) is 11.0. The van der Waals surface area contributed by atoms with E-state index in [0.717, 1.165) is 27.0 Å². The number of ether oxygens (including phenoxy) is 1. The van der Waals surface area contributed by atoms with Gasteiger partial charge in [-0.3, -0.25) is 0 Å². The lowest BCUT2D eigenvalue weighted by molar-refractivity contribution is 0.414. The zero-order valence-electron chi connectivity index (χ0n) is 13.9. The van der Waals surface area contributed by atoms with Crippen molar-refractivity contribution < 1.29 is 9.15 Å². The van der Waals surface area contributed by atoms with E-state index in [2.05, 4.69) is 20.5 Å². The number of tetrazole rings is 1. The number of methoxy groups -OCH3 is 1. The molecule has 0 amide bonds. The second kappa shape index (κ2) is 7.71. The van der Waals surface area contributed by atoms with E-state index in [-0.39, 0.29) is 0 Å². The topological polar surface area (TPSA) is 78.9 Å². The molecule has 3 heterocycles. The molecule has 0 aliphatic carbocycles. The van der Waals surface area contributed by atoms with Crippen LogP contribution in [0.1, 0.15) is 11.3 Å². The number of oxazole rings is 1. The summed E-state index contributed by atoms with van der Waals surface area (Å²) in [5.41, 5.74) is 1.96. The number of thioether (sulfide) groups is 1. The fraction of sp³-hybridized carbons (Fsp3) is 0.176. The molecule has 0 N–H and O–H groups in total. The number of hydrogen-bond acceptors (Lipinski definition) is 8. The lowest BCUT2D eigenvalue weighted by Gasteiger charge is -2.05. The molecule has 132 valence electrons. The monoisotopic (exact) mass is 385 g/mol. The Hall–Kier alpha value is -2.65. The van der Waals surface area contributed by atoms with Gasteiger partial charge in [0.05, 0.1) is 24.2 Å². The van der Waals surface area contributed by atoms with Crippen molar-refractivity contribution in [2.75, 3.05) is 7.11 Å². The Morgan fingerprint density at radius 2 is 2.12 bits per heavy atom. The average molecular weight is 385 g/mol. The Labute approximate surface area is 158 Å². The van der Waals surface area contributed by atoms with Crippen molar-refractivity contribution in [2.45, 2.75) is 17.5 Å². The molecule has 26 heavy (non-hydrogen) atoms. The van der Waals surface area contributed by atoms with Gasteiger partial charge in [-0.25, -0.2) is 9.67 Å². The minimum Gasteiger partial charge on any atom is -0.497 e. The summed E-state index contributed by atoms with van der Waals surface area (Å²) in [6.07, 6.45) is 1.68. The van der Waals surface area contributed by atoms with Gasteiger partial charge in [0.15, 0.2) is 0 Å². The SMILES string of the molecule is COc1ccc(Cn2nnnc2SCc2coc(-c3cccs3)n2)cc1. The zero-order chi connectivity index (χ0) is 17.8. The van der Waals surface area contributed by atoms with Crippen LogP contribution in [-0.2, 0) is 12.3 Å². The lowest BCUT2D eigenvalue weighted by atomic mass is 10.2. The molecule has 3 aromatic heterocycles. The summed E-state index contributed by atoms with van der Waals surface area (Å²) in [5, 5.41) is 14.7. The number of rotatable bonds is 7. The number of hydrogen-bond donors (Lipinski definition) is 0. The Kier molecular flexibility index (Phi) is 4.98. The molecule has 0 aliphatic rings. The van der Waals surface area contributed by atoms with Crippen molar-refractivity contribution in [3.63, 3.8) is 0 Å². The fourth-order valence-corrected chi connectivity index (χ4v) is 3.74. The van der Waals surface area contributed by atoms with Gasteiger partial charge in [-0.05, 0) is 39.6 Å². The second-order valence-corrected chi connectivity index (χ2v) is 7.27. The molecule has 4 aromatic rings. The molecule has 0 fully saturated rings. The van der Waals surface area contributed by atoms with Crippen molar-refractivity contribution in [3.8, 4) is 16.5 Å². The van der Waals surface area contributed by atoms with Crippen LogP contribution in [0.4, 0.5) is 0 Å². The third-order valence-corrected chi connectivity index (χ3v) is 5.47. The maximum absolute atomic E-state index is 5.54. The molecule has 0 saturated heterocycles. The fourth-order valence-electron chi connectivity index (χ4n) is 2.33. The van der Waals surface area contributed by atoms with Crippen LogP contribution in [0.2, 0.25) is 0 Å². The minimum atomic E-state index is 0.596. The first-order valence-electron chi connectivity index (χ1n) is 7.82. The zero-order valence-corrected chi connectivity index (χ0v) is 15.5. The highest BCUT2D eigenvalue weighted by molar-refractivity contribution is 7.98. The number of benzene rings is 1. The van der Waals surface area contributed by atoms with Crippen molar-refractivity contribution in [3.05, 3.63) is 59.3 Å². The highest BCUT2D eigenvalue weighted by Crippen LogP contribution is 2.26. The second-order valence-electron chi connectivity index (χ2n) is 5.38. The van der Waals surface area contributed by atoms with E-state index in [0.29, 0.717) is 18.2 Å². The van der Waals surface area contributed by atoms with E-state index in [1.165, 1.54) is 11.8 Å². The molecular formula is C17H15N5O2S2. The molecule has 0 saturated carbocycles. The molecular weight excluding hydrogens is 370 g/mol. The van der Waals surface area contributed by atoms with Crippen molar-refractivity contribution in [1.29, 1.82) is 0 Å². The Morgan fingerprint density at radius 3 is 2.88 bits per heavy atom. The highest BCUT2D eigenvalue weighted by atomic mass is 32.2. The lowest BCUT2D eigenvalue weighted by Crippen LogP contribution is -2.04. The number of thiophene rings is 1. The van der Waals surface area contributed by atoms with Gasteiger partial charge in [0, 0.05) is 5.75 Å². The van der Waals surface area contributed by atoms with Gasteiger partial charge in [0.2, 0.25) is 11.0 Å².